The number of aliphatic hydroxyl groups excluding tert-OH is 1. The van der Waals surface area contributed by atoms with Gasteiger partial charge in [0.05, 0.1) is 12.2 Å². The van der Waals surface area contributed by atoms with E-state index in [-0.39, 0.29) is 21.8 Å². The maximum Gasteiger partial charge on any atom is 0.418 e. The van der Waals surface area contributed by atoms with Crippen molar-refractivity contribution >= 4 is 11.6 Å². The van der Waals surface area contributed by atoms with Gasteiger partial charge in [-0.15, -0.1) is 0 Å². The Kier molecular flexibility index (Phi) is 4.06. The van der Waals surface area contributed by atoms with Crippen molar-refractivity contribution in [2.24, 2.45) is 0 Å². The summed E-state index contributed by atoms with van der Waals surface area (Å²) in [6.07, 6.45) is -4.18. The number of hydrogen-bond donors (Lipinski definition) is 2. The van der Waals surface area contributed by atoms with Crippen LogP contribution >= 0.6 is 11.6 Å². The van der Waals surface area contributed by atoms with Crippen molar-refractivity contribution in [2.75, 3.05) is 0 Å². The van der Waals surface area contributed by atoms with E-state index >= 15 is 0 Å². The number of aromatic nitrogens is 1. The molecule has 2 aromatic rings. The third-order valence-electron chi connectivity index (χ3n) is 2.76. The van der Waals surface area contributed by atoms with Crippen molar-refractivity contribution < 1.29 is 27.8 Å². The SMILES string of the molecule is OCc1cc(-c2ncc(C(F)(F)F)cc2O)c(F)cc1Cl. The largest absolute Gasteiger partial charge is 0.506 e. The van der Waals surface area contributed by atoms with Crippen molar-refractivity contribution in [1.82, 2.24) is 4.98 Å². The third kappa shape index (κ3) is 3.08. The van der Waals surface area contributed by atoms with Crippen molar-refractivity contribution in [2.45, 2.75) is 12.8 Å². The minimum Gasteiger partial charge on any atom is -0.506 e. The van der Waals surface area contributed by atoms with Gasteiger partial charge in [-0.1, -0.05) is 11.6 Å². The van der Waals surface area contributed by atoms with Gasteiger partial charge in [0.2, 0.25) is 0 Å². The van der Waals surface area contributed by atoms with Gasteiger partial charge in [0.1, 0.15) is 17.3 Å². The third-order valence-corrected chi connectivity index (χ3v) is 3.11. The lowest BCUT2D eigenvalue weighted by molar-refractivity contribution is -0.137. The molecule has 0 atom stereocenters. The summed E-state index contributed by atoms with van der Waals surface area (Å²) in [5.41, 5.74) is -1.61. The molecule has 1 heterocycles. The zero-order valence-corrected chi connectivity index (χ0v) is 11.0. The molecule has 0 radical (unpaired) electrons. The Bertz CT molecular complexity index is 689. The molecule has 1 aromatic carbocycles. The lowest BCUT2D eigenvalue weighted by Crippen LogP contribution is -2.05. The molecule has 0 saturated heterocycles. The van der Waals surface area contributed by atoms with Crippen LogP contribution in [0, 0.1) is 5.82 Å². The smallest absolute Gasteiger partial charge is 0.418 e. The van der Waals surface area contributed by atoms with E-state index < -0.39 is 29.9 Å². The van der Waals surface area contributed by atoms with E-state index in [0.29, 0.717) is 12.3 Å². The monoisotopic (exact) mass is 321 g/mol. The Morgan fingerprint density at radius 2 is 1.86 bits per heavy atom. The second-order valence-corrected chi connectivity index (χ2v) is 4.58. The molecule has 0 aliphatic carbocycles. The standard InChI is InChI=1S/C13H8ClF4NO2/c14-9-3-10(15)8(1-6(9)5-20)12-11(21)2-7(4-19-12)13(16,17)18/h1-4,20-21H,5H2. The topological polar surface area (TPSA) is 53.4 Å². The molecule has 0 bridgehead atoms. The molecule has 2 N–H and O–H groups in total. The van der Waals surface area contributed by atoms with Crippen molar-refractivity contribution in [3.05, 3.63) is 46.4 Å². The van der Waals surface area contributed by atoms with Crippen molar-refractivity contribution in [1.29, 1.82) is 0 Å². The zero-order chi connectivity index (χ0) is 15.8. The number of benzene rings is 1. The van der Waals surface area contributed by atoms with Gasteiger partial charge >= 0.3 is 6.18 Å². The van der Waals surface area contributed by atoms with Crippen LogP contribution in [0.5, 0.6) is 5.75 Å². The van der Waals surface area contributed by atoms with E-state index in [4.69, 9.17) is 16.7 Å². The summed E-state index contributed by atoms with van der Waals surface area (Å²) in [6, 6.07) is 2.46. The van der Waals surface area contributed by atoms with Crippen molar-refractivity contribution in [3.63, 3.8) is 0 Å². The summed E-state index contributed by atoms with van der Waals surface area (Å²) in [7, 11) is 0. The van der Waals surface area contributed by atoms with Crippen LogP contribution in [0.15, 0.2) is 24.4 Å². The predicted molar refractivity (Wildman–Crippen MR) is 67.2 cm³/mol. The second-order valence-electron chi connectivity index (χ2n) is 4.17. The molecule has 3 nitrogen and oxygen atoms in total. The Morgan fingerprint density at radius 1 is 1.19 bits per heavy atom. The summed E-state index contributed by atoms with van der Waals surface area (Å²) < 4.78 is 51.3. The number of pyridine rings is 1. The van der Waals surface area contributed by atoms with Gasteiger partial charge in [0, 0.05) is 16.8 Å². The van der Waals surface area contributed by atoms with E-state index in [2.05, 4.69) is 4.98 Å². The molecular weight excluding hydrogens is 314 g/mol. The highest BCUT2D eigenvalue weighted by atomic mass is 35.5. The first kappa shape index (κ1) is 15.5. The Labute approximate surface area is 121 Å². The van der Waals surface area contributed by atoms with Gasteiger partial charge in [0.15, 0.2) is 0 Å². The molecule has 0 spiro atoms. The molecule has 112 valence electrons. The summed E-state index contributed by atoms with van der Waals surface area (Å²) in [4.78, 5) is 3.45. The molecule has 1 aromatic heterocycles. The van der Waals surface area contributed by atoms with E-state index in [1.165, 1.54) is 0 Å². The Balaban J connectivity index is 2.58. The number of hydrogen-bond acceptors (Lipinski definition) is 3. The van der Waals surface area contributed by atoms with Gasteiger partial charge in [-0.3, -0.25) is 4.98 Å². The Morgan fingerprint density at radius 3 is 2.38 bits per heavy atom. The molecule has 0 unspecified atom stereocenters. The number of aliphatic hydroxyl groups is 1. The number of halogens is 5. The van der Waals surface area contributed by atoms with Crippen LogP contribution in [0.25, 0.3) is 11.3 Å². The van der Waals surface area contributed by atoms with E-state index in [1.807, 2.05) is 0 Å². The van der Waals surface area contributed by atoms with Crippen LogP contribution in [-0.2, 0) is 12.8 Å². The maximum atomic E-state index is 13.8. The number of nitrogens with zero attached hydrogens (tertiary/aromatic N) is 1. The van der Waals surface area contributed by atoms with Gasteiger partial charge in [-0.05, 0) is 23.8 Å². The highest BCUT2D eigenvalue weighted by Crippen LogP contribution is 2.36. The molecule has 0 fully saturated rings. The van der Waals surface area contributed by atoms with Crippen LogP contribution in [0.1, 0.15) is 11.1 Å². The molecular formula is C13H8ClF4NO2. The zero-order valence-electron chi connectivity index (χ0n) is 10.2. The van der Waals surface area contributed by atoms with E-state index in [1.54, 1.807) is 0 Å². The summed E-state index contributed by atoms with van der Waals surface area (Å²) in [5.74, 6) is -1.70. The molecule has 0 saturated carbocycles. The first-order valence-electron chi connectivity index (χ1n) is 5.59. The molecule has 8 heteroatoms. The average molecular weight is 322 g/mol. The first-order valence-corrected chi connectivity index (χ1v) is 5.97. The van der Waals surface area contributed by atoms with E-state index in [0.717, 1.165) is 12.1 Å². The lowest BCUT2D eigenvalue weighted by Gasteiger charge is -2.11. The van der Waals surface area contributed by atoms with Crippen LogP contribution < -0.4 is 0 Å². The average Bonchev–Trinajstić information content (AvgIpc) is 2.38. The molecule has 21 heavy (non-hydrogen) atoms. The lowest BCUT2D eigenvalue weighted by atomic mass is 10.1. The fraction of sp³-hybridized carbons (Fsp3) is 0.154. The molecule has 0 aliphatic heterocycles. The minimum atomic E-state index is -4.67. The fourth-order valence-electron chi connectivity index (χ4n) is 1.71. The summed E-state index contributed by atoms with van der Waals surface area (Å²) in [5, 5.41) is 18.7. The van der Waals surface area contributed by atoms with Crippen LogP contribution in [0.4, 0.5) is 17.6 Å². The van der Waals surface area contributed by atoms with Crippen LogP contribution in [-0.4, -0.2) is 15.2 Å². The number of alkyl halides is 3. The van der Waals surface area contributed by atoms with Gasteiger partial charge in [-0.2, -0.15) is 13.2 Å². The van der Waals surface area contributed by atoms with Gasteiger partial charge < -0.3 is 10.2 Å². The Hall–Kier alpha value is -1.86. The predicted octanol–water partition coefficient (Wildman–Crippen LogP) is 3.76. The quantitative estimate of drug-likeness (QED) is 0.828. The molecule has 0 aliphatic rings. The maximum absolute atomic E-state index is 13.8. The highest BCUT2D eigenvalue weighted by Gasteiger charge is 2.32. The summed E-state index contributed by atoms with van der Waals surface area (Å²) in [6.45, 7) is -0.493. The second kappa shape index (κ2) is 5.50. The molecule has 0 amide bonds. The van der Waals surface area contributed by atoms with E-state index in [9.17, 15) is 22.7 Å². The molecule has 2 rings (SSSR count). The fourth-order valence-corrected chi connectivity index (χ4v) is 1.92. The number of rotatable bonds is 2. The van der Waals surface area contributed by atoms with Crippen LogP contribution in [0.3, 0.4) is 0 Å². The van der Waals surface area contributed by atoms with Gasteiger partial charge in [-0.25, -0.2) is 4.39 Å². The van der Waals surface area contributed by atoms with Crippen LogP contribution in [0.2, 0.25) is 5.02 Å². The minimum absolute atomic E-state index is 0.0369. The highest BCUT2D eigenvalue weighted by molar-refractivity contribution is 6.31. The number of aromatic hydroxyl groups is 1. The summed E-state index contributed by atoms with van der Waals surface area (Å²) >= 11 is 5.68. The first-order chi connectivity index (χ1) is 9.74. The van der Waals surface area contributed by atoms with Gasteiger partial charge in [0.25, 0.3) is 0 Å². The normalized spacial score (nSPS) is 11.7. The van der Waals surface area contributed by atoms with Crippen molar-refractivity contribution in [3.8, 4) is 17.0 Å².